The van der Waals surface area contributed by atoms with Gasteiger partial charge in [-0.1, -0.05) is 97.1 Å². The number of aliphatic carboxylic acids is 4. The molecule has 0 spiro atoms. The summed E-state index contributed by atoms with van der Waals surface area (Å²) in [5.41, 5.74) is 7.82. The fraction of sp³-hybridized carbons (Fsp3) is 0. The number of carbonyl (C=O) groups excluding carboxylic acids is 4. The molecule has 28 nitrogen and oxygen atoms in total. The molecule has 86 heavy (non-hydrogen) atoms. The molecule has 8 heterocycles. The van der Waals surface area contributed by atoms with Crippen molar-refractivity contribution in [2.24, 2.45) is 0 Å². The average Bonchev–Trinajstić information content (AvgIpc) is 3.01. The second-order valence-electron chi connectivity index (χ2n) is 14.8. The van der Waals surface area contributed by atoms with Gasteiger partial charge in [-0.05, 0) is 72.8 Å². The number of nitrogens with zero attached hydrogens (tertiary/aromatic N) is 8. The Kier molecular flexibility index (Phi) is 50.4. The number of fused-ring (bicyclic) bond motifs is 12. The van der Waals surface area contributed by atoms with Gasteiger partial charge in [-0.3, -0.25) is 39.9 Å². The molecular formula is C56H64N8O20Zn2+4. The number of aromatic nitrogens is 8. The van der Waals surface area contributed by atoms with Crippen LogP contribution in [0.2, 0.25) is 0 Å². The summed E-state index contributed by atoms with van der Waals surface area (Å²) in [6.07, 6.45) is 16.0. The minimum absolute atomic E-state index is 0. The van der Waals surface area contributed by atoms with Crippen molar-refractivity contribution in [2.45, 2.75) is 0 Å². The summed E-state index contributed by atoms with van der Waals surface area (Å²) in [7, 11) is 0. The molecule has 30 heteroatoms. The first-order valence-corrected chi connectivity index (χ1v) is 21.6. The fourth-order valence-electron chi connectivity index (χ4n) is 6.99. The number of hydrogen-bond acceptors (Lipinski definition) is 16. The smallest absolute Gasteiger partial charge is 0.545 e. The van der Waals surface area contributed by atoms with Crippen LogP contribution < -0.4 is 20.4 Å². The van der Waals surface area contributed by atoms with Crippen LogP contribution in [0, 0.1) is 0 Å². The van der Waals surface area contributed by atoms with Crippen LogP contribution >= 0.6 is 0 Å². The number of carboxylic acid groups (broad SMARTS) is 4. The summed E-state index contributed by atoms with van der Waals surface area (Å²) >= 11 is 0. The summed E-state index contributed by atoms with van der Waals surface area (Å²) in [5.74, 6) is -6.19. The first kappa shape index (κ1) is 92.7. The van der Waals surface area contributed by atoms with Crippen molar-refractivity contribution in [3.63, 3.8) is 0 Å². The molecule has 0 saturated heterocycles. The maximum atomic E-state index is 9.41. The van der Waals surface area contributed by atoms with Gasteiger partial charge in [-0.25, -0.2) is 0 Å². The quantitative estimate of drug-likeness (QED) is 0.0689. The van der Waals surface area contributed by atoms with E-state index in [-0.39, 0.29) is 105 Å². The third-order valence-electron chi connectivity index (χ3n) is 10.1. The molecule has 0 amide bonds. The Hall–Kier alpha value is -9.71. The van der Waals surface area contributed by atoms with Crippen molar-refractivity contribution in [1.29, 1.82) is 0 Å². The molecule has 12 rings (SSSR count). The van der Waals surface area contributed by atoms with Gasteiger partial charge >= 0.3 is 39.0 Å². The van der Waals surface area contributed by atoms with E-state index < -0.39 is 23.9 Å². The summed E-state index contributed by atoms with van der Waals surface area (Å²) < 4.78 is 0. The largest absolute Gasteiger partial charge is 2.00 e. The van der Waals surface area contributed by atoms with Gasteiger partial charge in [0, 0.05) is 92.7 Å². The van der Waals surface area contributed by atoms with Crippen molar-refractivity contribution < 1.29 is 144 Å². The third kappa shape index (κ3) is 25.8. The van der Waals surface area contributed by atoms with E-state index in [1.807, 2.05) is 48.5 Å². The van der Waals surface area contributed by atoms with Gasteiger partial charge in [0.05, 0.1) is 68.0 Å². The molecule has 448 valence electrons. The van der Waals surface area contributed by atoms with Gasteiger partial charge < -0.3 is 105 Å². The van der Waals surface area contributed by atoms with E-state index in [4.69, 9.17) is 0 Å². The maximum Gasteiger partial charge on any atom is 2.00 e. The van der Waals surface area contributed by atoms with Gasteiger partial charge in [-0.15, -0.1) is 0 Å². The molecule has 0 unspecified atom stereocenters. The predicted octanol–water partition coefficient (Wildman–Crippen LogP) is -5.07. The van der Waals surface area contributed by atoms with Crippen molar-refractivity contribution in [2.75, 3.05) is 0 Å². The van der Waals surface area contributed by atoms with Gasteiger partial charge in [-0.2, -0.15) is 0 Å². The second-order valence-corrected chi connectivity index (χ2v) is 14.8. The molecular weight excluding hydrogens is 1240 g/mol. The van der Waals surface area contributed by atoms with Crippen LogP contribution in [0.3, 0.4) is 0 Å². The molecule has 0 saturated carbocycles. The zero-order chi connectivity index (χ0) is 50.7. The number of pyridine rings is 8. The average molecular weight is 1300 g/mol. The Morgan fingerprint density at radius 2 is 0.337 bits per heavy atom. The van der Waals surface area contributed by atoms with E-state index in [9.17, 15) is 39.6 Å². The zero-order valence-electron chi connectivity index (χ0n) is 45.4. The van der Waals surface area contributed by atoms with Gasteiger partial charge in [0.15, 0.2) is 0 Å². The van der Waals surface area contributed by atoms with Gasteiger partial charge in [0.1, 0.15) is 0 Å². The molecule has 4 aromatic carbocycles. The van der Waals surface area contributed by atoms with Gasteiger partial charge in [0.25, 0.3) is 0 Å². The summed E-state index contributed by atoms with van der Waals surface area (Å²) in [6, 6.07) is 48.6. The van der Waals surface area contributed by atoms with Crippen molar-refractivity contribution in [1.82, 2.24) is 39.9 Å². The predicted molar refractivity (Wildman–Crippen MR) is 315 cm³/mol. The molecule has 0 aliphatic rings. The maximum absolute atomic E-state index is 9.41. The molecule has 0 aliphatic carbocycles. The molecule has 28 N–H and O–H groups in total. The third-order valence-corrected chi connectivity index (χ3v) is 10.1. The number of rotatable bonds is 4. The normalized spacial score (nSPS) is 8.84. The van der Waals surface area contributed by atoms with Crippen LogP contribution in [-0.2, 0) is 80.0 Å². The Labute approximate surface area is 512 Å². The van der Waals surface area contributed by atoms with Crippen LogP contribution in [0.5, 0.6) is 0 Å². The van der Waals surface area contributed by atoms with Crippen LogP contribution in [0.25, 0.3) is 87.2 Å². The number of benzene rings is 4. The number of carbonyl (C=O) groups is 4. The van der Waals surface area contributed by atoms with E-state index in [0.29, 0.717) is 24.3 Å². The van der Waals surface area contributed by atoms with E-state index in [0.717, 1.165) is 87.2 Å². The molecule has 8 aromatic heterocycles. The fourth-order valence-corrected chi connectivity index (χ4v) is 6.99. The van der Waals surface area contributed by atoms with E-state index in [2.05, 4.69) is 137 Å². The Balaban J connectivity index is -0.000000139. The van der Waals surface area contributed by atoms with Crippen LogP contribution in [0.4, 0.5) is 0 Å². The topological polar surface area (TPSA) is 648 Å². The molecule has 0 radical (unpaired) electrons. The zero-order valence-corrected chi connectivity index (χ0v) is 51.3. The SMILES string of the molecule is O.O.O.O.O.O.O.O.O=C([O-])/C=C/C(=O)[O-].O=C([O-])/C=C/C(=O)[O-].[OH3+].[OH3+].[OH3+].[OH3+].[Zn+2].[Zn+2].c1cnc2c(c1)ccc1cccnc12.c1cnc2c(c1)ccc1cccnc12.c1cnc2c(c1)ccc1cccnc12.c1cnc2c(c1)ccc1cccnc12. The standard InChI is InChI=1S/4C12H8N2.2C4H4O4.12H2O.2Zn/c4*1-3-9-5-6-10-4-2-8-14-12(10)11(9)13-7-1;2*5-3(6)1-2-4(7)8;;;;;;;;;;;;;;/h4*1-8H;2*1-2H,(H,5,6)(H,7,8);12*1H2;;/q;;;;;;;;;;;;;;;;;;2*+2/b;;;;2*2-1+;;;;;;;;;;;;;;. The first-order valence-electron chi connectivity index (χ1n) is 21.6. The Morgan fingerprint density at radius 1 is 0.233 bits per heavy atom. The molecule has 0 atom stereocenters. The monoisotopic (exact) mass is 1300 g/mol. The van der Waals surface area contributed by atoms with Crippen LogP contribution in [-0.4, -0.2) is 108 Å². The van der Waals surface area contributed by atoms with Crippen molar-refractivity contribution in [3.05, 3.63) is 219 Å². The van der Waals surface area contributed by atoms with E-state index >= 15 is 0 Å². The summed E-state index contributed by atoms with van der Waals surface area (Å²) in [5, 5.41) is 46.8. The molecule has 0 aliphatic heterocycles. The number of carboxylic acids is 4. The summed E-state index contributed by atoms with van der Waals surface area (Å²) in [4.78, 5) is 72.4. The molecule has 0 bridgehead atoms. The van der Waals surface area contributed by atoms with Crippen molar-refractivity contribution in [3.8, 4) is 0 Å². The minimum Gasteiger partial charge on any atom is -0.545 e. The molecule has 12 aromatic rings. The first-order chi connectivity index (χ1) is 35.0. The van der Waals surface area contributed by atoms with Crippen molar-refractivity contribution >= 4 is 111 Å². The number of hydrogen-bond donors (Lipinski definition) is 0. The van der Waals surface area contributed by atoms with Gasteiger partial charge in [0.2, 0.25) is 0 Å². The Bertz CT molecular complexity index is 3260. The van der Waals surface area contributed by atoms with Crippen LogP contribution in [0.1, 0.15) is 0 Å². The van der Waals surface area contributed by atoms with E-state index in [1.54, 1.807) is 49.6 Å². The second kappa shape index (κ2) is 46.7. The Morgan fingerprint density at radius 3 is 0.430 bits per heavy atom. The summed E-state index contributed by atoms with van der Waals surface area (Å²) in [6.45, 7) is 0. The molecule has 0 fully saturated rings. The van der Waals surface area contributed by atoms with Crippen LogP contribution in [0.15, 0.2) is 219 Å². The minimum atomic E-state index is -1.55. The van der Waals surface area contributed by atoms with E-state index in [1.165, 1.54) is 0 Å².